The lowest BCUT2D eigenvalue weighted by atomic mass is 10.3. The topological polar surface area (TPSA) is 49.8 Å². The van der Waals surface area contributed by atoms with Gasteiger partial charge in [0.2, 0.25) is 5.95 Å². The first-order chi connectivity index (χ1) is 6.36. The van der Waals surface area contributed by atoms with Crippen molar-refractivity contribution >= 4 is 5.95 Å². The first-order valence-electron chi connectivity index (χ1n) is 4.56. The second kappa shape index (κ2) is 5.48. The summed E-state index contributed by atoms with van der Waals surface area (Å²) in [6.45, 7) is 3.85. The van der Waals surface area contributed by atoms with Crippen molar-refractivity contribution in [1.82, 2.24) is 15.3 Å². The maximum absolute atomic E-state index is 4.17. The highest BCUT2D eigenvalue weighted by molar-refractivity contribution is 5.24. The van der Waals surface area contributed by atoms with Gasteiger partial charge in [-0.05, 0) is 19.0 Å². The Morgan fingerprint density at radius 3 is 2.46 bits per heavy atom. The van der Waals surface area contributed by atoms with Gasteiger partial charge in [0.15, 0.2) is 0 Å². The molecule has 0 aliphatic carbocycles. The van der Waals surface area contributed by atoms with Gasteiger partial charge < -0.3 is 10.6 Å². The highest BCUT2D eigenvalue weighted by atomic mass is 15.1. The number of hydrogen-bond donors (Lipinski definition) is 2. The molecule has 0 unspecified atom stereocenters. The quantitative estimate of drug-likeness (QED) is 0.654. The molecule has 1 aromatic rings. The van der Waals surface area contributed by atoms with Gasteiger partial charge in [0.05, 0.1) is 0 Å². The zero-order valence-electron chi connectivity index (χ0n) is 8.17. The molecule has 4 heteroatoms. The van der Waals surface area contributed by atoms with E-state index in [2.05, 4.69) is 27.5 Å². The molecule has 4 nitrogen and oxygen atoms in total. The molecule has 1 aromatic heterocycles. The van der Waals surface area contributed by atoms with Gasteiger partial charge in [0.25, 0.3) is 0 Å². The molecule has 0 saturated heterocycles. The predicted molar refractivity (Wildman–Crippen MR) is 53.8 cm³/mol. The van der Waals surface area contributed by atoms with E-state index in [4.69, 9.17) is 0 Å². The maximum atomic E-state index is 4.17. The fourth-order valence-corrected chi connectivity index (χ4v) is 0.928. The Hall–Kier alpha value is -1.16. The molecule has 0 spiro atoms. The Balaban J connectivity index is 2.40. The minimum absolute atomic E-state index is 0.701. The molecule has 0 bridgehead atoms. The van der Waals surface area contributed by atoms with Crippen molar-refractivity contribution in [3.8, 4) is 0 Å². The Kier molecular flexibility index (Phi) is 4.18. The van der Waals surface area contributed by atoms with Crippen molar-refractivity contribution in [3.63, 3.8) is 0 Å². The van der Waals surface area contributed by atoms with Crippen LogP contribution in [-0.4, -0.2) is 30.1 Å². The van der Waals surface area contributed by atoms with Crippen LogP contribution in [0.4, 0.5) is 5.95 Å². The Morgan fingerprint density at radius 1 is 1.23 bits per heavy atom. The SMILES string of the molecule is CCc1cnc(NCCNC)nc1. The molecule has 1 heterocycles. The lowest BCUT2D eigenvalue weighted by Crippen LogP contribution is -2.18. The summed E-state index contributed by atoms with van der Waals surface area (Å²) in [5.74, 6) is 0.701. The summed E-state index contributed by atoms with van der Waals surface area (Å²) in [7, 11) is 1.92. The normalized spacial score (nSPS) is 10.0. The van der Waals surface area contributed by atoms with Gasteiger partial charge in [0.1, 0.15) is 0 Å². The van der Waals surface area contributed by atoms with Crippen molar-refractivity contribution in [2.75, 3.05) is 25.5 Å². The summed E-state index contributed by atoms with van der Waals surface area (Å²) >= 11 is 0. The van der Waals surface area contributed by atoms with E-state index < -0.39 is 0 Å². The molecule has 72 valence electrons. The van der Waals surface area contributed by atoms with Crippen LogP contribution in [-0.2, 0) is 6.42 Å². The van der Waals surface area contributed by atoms with Gasteiger partial charge in [-0.15, -0.1) is 0 Å². The van der Waals surface area contributed by atoms with Crippen LogP contribution < -0.4 is 10.6 Å². The molecular formula is C9H16N4. The number of aromatic nitrogens is 2. The first kappa shape index (κ1) is 9.92. The summed E-state index contributed by atoms with van der Waals surface area (Å²) in [5, 5.41) is 6.15. The summed E-state index contributed by atoms with van der Waals surface area (Å²) in [6.07, 6.45) is 4.69. The minimum Gasteiger partial charge on any atom is -0.353 e. The van der Waals surface area contributed by atoms with Crippen LogP contribution in [0.3, 0.4) is 0 Å². The fourth-order valence-electron chi connectivity index (χ4n) is 0.928. The summed E-state index contributed by atoms with van der Waals surface area (Å²) in [5.41, 5.74) is 1.17. The van der Waals surface area contributed by atoms with E-state index in [1.165, 1.54) is 5.56 Å². The van der Waals surface area contributed by atoms with E-state index >= 15 is 0 Å². The smallest absolute Gasteiger partial charge is 0.222 e. The lowest BCUT2D eigenvalue weighted by Gasteiger charge is -2.03. The van der Waals surface area contributed by atoms with Crippen LogP contribution >= 0.6 is 0 Å². The molecule has 0 fully saturated rings. The van der Waals surface area contributed by atoms with Crippen LogP contribution in [0.2, 0.25) is 0 Å². The van der Waals surface area contributed by atoms with Gasteiger partial charge in [0, 0.05) is 25.5 Å². The van der Waals surface area contributed by atoms with Crippen LogP contribution in [0.5, 0.6) is 0 Å². The third-order valence-corrected chi connectivity index (χ3v) is 1.77. The number of aryl methyl sites for hydroxylation is 1. The highest BCUT2D eigenvalue weighted by Crippen LogP contribution is 1.99. The number of nitrogens with zero attached hydrogens (tertiary/aromatic N) is 2. The van der Waals surface area contributed by atoms with E-state index in [1.54, 1.807) is 0 Å². The zero-order chi connectivity index (χ0) is 9.52. The Bertz CT molecular complexity index is 232. The number of rotatable bonds is 5. The summed E-state index contributed by atoms with van der Waals surface area (Å²) < 4.78 is 0. The van der Waals surface area contributed by atoms with Crippen molar-refractivity contribution in [1.29, 1.82) is 0 Å². The van der Waals surface area contributed by atoms with E-state index in [0.717, 1.165) is 19.5 Å². The molecule has 0 atom stereocenters. The average Bonchev–Trinajstić information content (AvgIpc) is 2.19. The van der Waals surface area contributed by atoms with Crippen LogP contribution in [0.1, 0.15) is 12.5 Å². The first-order valence-corrected chi connectivity index (χ1v) is 4.56. The minimum atomic E-state index is 0.701. The monoisotopic (exact) mass is 180 g/mol. The number of hydrogen-bond acceptors (Lipinski definition) is 4. The van der Waals surface area contributed by atoms with E-state index in [-0.39, 0.29) is 0 Å². The van der Waals surface area contributed by atoms with Gasteiger partial charge in [-0.25, -0.2) is 9.97 Å². The van der Waals surface area contributed by atoms with E-state index in [1.807, 2.05) is 19.4 Å². The number of likely N-dealkylation sites (N-methyl/N-ethyl adjacent to an activating group) is 1. The number of nitrogens with one attached hydrogen (secondary N) is 2. The van der Waals surface area contributed by atoms with Crippen molar-refractivity contribution in [2.24, 2.45) is 0 Å². The van der Waals surface area contributed by atoms with E-state index in [0.29, 0.717) is 5.95 Å². The third kappa shape index (κ3) is 3.38. The second-order valence-corrected chi connectivity index (χ2v) is 2.80. The number of anilines is 1. The molecule has 0 aliphatic heterocycles. The van der Waals surface area contributed by atoms with Crippen molar-refractivity contribution in [3.05, 3.63) is 18.0 Å². The zero-order valence-corrected chi connectivity index (χ0v) is 8.17. The molecule has 2 N–H and O–H groups in total. The van der Waals surface area contributed by atoms with Crippen LogP contribution in [0.15, 0.2) is 12.4 Å². The summed E-state index contributed by atoms with van der Waals surface area (Å²) in [6, 6.07) is 0. The van der Waals surface area contributed by atoms with E-state index in [9.17, 15) is 0 Å². The maximum Gasteiger partial charge on any atom is 0.222 e. The molecule has 0 aromatic carbocycles. The average molecular weight is 180 g/mol. The van der Waals surface area contributed by atoms with Crippen LogP contribution in [0, 0.1) is 0 Å². The molecule has 1 rings (SSSR count). The molecule has 0 saturated carbocycles. The second-order valence-electron chi connectivity index (χ2n) is 2.80. The van der Waals surface area contributed by atoms with Gasteiger partial charge in [-0.1, -0.05) is 6.92 Å². The third-order valence-electron chi connectivity index (χ3n) is 1.77. The molecule has 0 amide bonds. The summed E-state index contributed by atoms with van der Waals surface area (Å²) in [4.78, 5) is 8.34. The van der Waals surface area contributed by atoms with Gasteiger partial charge in [-0.3, -0.25) is 0 Å². The molecule has 13 heavy (non-hydrogen) atoms. The Morgan fingerprint density at radius 2 is 1.92 bits per heavy atom. The van der Waals surface area contributed by atoms with Gasteiger partial charge in [-0.2, -0.15) is 0 Å². The predicted octanol–water partition coefficient (Wildman–Crippen LogP) is 0.670. The highest BCUT2D eigenvalue weighted by Gasteiger charge is 1.94. The molecule has 0 aliphatic rings. The molecule has 0 radical (unpaired) electrons. The van der Waals surface area contributed by atoms with Crippen molar-refractivity contribution < 1.29 is 0 Å². The van der Waals surface area contributed by atoms with Gasteiger partial charge >= 0.3 is 0 Å². The largest absolute Gasteiger partial charge is 0.353 e. The Labute approximate surface area is 78.8 Å². The fraction of sp³-hybridized carbons (Fsp3) is 0.556. The van der Waals surface area contributed by atoms with Crippen LogP contribution in [0.25, 0.3) is 0 Å². The standard InChI is InChI=1S/C9H16N4/c1-3-8-6-12-9(13-7-8)11-5-4-10-2/h6-7,10H,3-5H2,1-2H3,(H,11,12,13). The molecular weight excluding hydrogens is 164 g/mol. The lowest BCUT2D eigenvalue weighted by molar-refractivity contribution is 0.817. The van der Waals surface area contributed by atoms with Crippen molar-refractivity contribution in [2.45, 2.75) is 13.3 Å².